The third-order valence-electron chi connectivity index (χ3n) is 2.20. The molecular weight excluding hydrogens is 292 g/mol. The highest BCUT2D eigenvalue weighted by Crippen LogP contribution is 2.14. The minimum atomic E-state index is -0.771. The molecule has 7 heteroatoms. The number of hydrogen-bond donors (Lipinski definition) is 0. The van der Waals surface area contributed by atoms with Crippen molar-refractivity contribution in [1.29, 1.82) is 0 Å². The van der Waals surface area contributed by atoms with Crippen molar-refractivity contribution in [1.82, 2.24) is 4.57 Å². The molecule has 0 saturated heterocycles. The number of carbonyl (C=O) groups excluding carboxylic acids is 1. The molecule has 0 aromatic carbocycles. The van der Waals surface area contributed by atoms with Gasteiger partial charge < -0.3 is 4.57 Å². The maximum Gasteiger partial charge on any atom is 0.335 e. The number of aromatic nitrogens is 1. The number of Topliss-reactive ketones (excluding diaryl/α,β-unsaturated/α-hetero) is 1. The second-order valence-corrected chi connectivity index (χ2v) is 4.77. The molecule has 0 amide bonds. The molecule has 0 atom stereocenters. The molecule has 92 valence electrons. The lowest BCUT2D eigenvalue weighted by Crippen LogP contribution is -2.27. The van der Waals surface area contributed by atoms with Crippen molar-refractivity contribution >= 4 is 27.4 Å². The molecule has 1 heterocycles. The first-order chi connectivity index (χ1) is 7.82. The summed E-state index contributed by atoms with van der Waals surface area (Å²) in [4.78, 5) is 33.1. The topological polar surface area (TPSA) is 82.2 Å². The summed E-state index contributed by atoms with van der Waals surface area (Å²) < 4.78 is 1.44. The van der Waals surface area contributed by atoms with E-state index >= 15 is 0 Å². The van der Waals surface area contributed by atoms with Gasteiger partial charge in [-0.25, -0.2) is 0 Å². The Morgan fingerprint density at radius 2 is 2.18 bits per heavy atom. The number of nitrogens with zero attached hydrogens (tertiary/aromatic N) is 2. The molecule has 1 aromatic heterocycles. The van der Waals surface area contributed by atoms with Gasteiger partial charge in [0, 0.05) is 22.7 Å². The van der Waals surface area contributed by atoms with Crippen molar-refractivity contribution in [2.24, 2.45) is 5.92 Å². The Labute approximate surface area is 106 Å². The largest absolute Gasteiger partial charge is 0.335 e. The lowest BCUT2D eigenvalue weighted by atomic mass is 10.1. The van der Waals surface area contributed by atoms with Crippen LogP contribution in [0.25, 0.3) is 0 Å². The molecular formula is C10H11BrN2O4. The van der Waals surface area contributed by atoms with Crippen LogP contribution in [0.15, 0.2) is 21.5 Å². The van der Waals surface area contributed by atoms with Crippen molar-refractivity contribution in [3.05, 3.63) is 37.2 Å². The summed E-state index contributed by atoms with van der Waals surface area (Å²) in [6, 6.07) is 1.12. The number of pyridine rings is 1. The Kier molecular flexibility index (Phi) is 4.17. The number of hydrogen-bond acceptors (Lipinski definition) is 4. The Morgan fingerprint density at radius 3 is 2.65 bits per heavy atom. The van der Waals surface area contributed by atoms with Crippen LogP contribution >= 0.6 is 15.9 Å². The highest BCUT2D eigenvalue weighted by Gasteiger charge is 2.18. The van der Waals surface area contributed by atoms with Crippen LogP contribution in [0.2, 0.25) is 0 Å². The smallest absolute Gasteiger partial charge is 0.301 e. The quantitative estimate of drug-likeness (QED) is 0.626. The Bertz CT molecular complexity index is 522. The fourth-order valence-electron chi connectivity index (χ4n) is 1.18. The van der Waals surface area contributed by atoms with Crippen LogP contribution in [-0.2, 0) is 11.3 Å². The first-order valence-electron chi connectivity index (χ1n) is 4.90. The number of carbonyl (C=O) groups is 1. The lowest BCUT2D eigenvalue weighted by molar-refractivity contribution is -0.386. The number of halogens is 1. The van der Waals surface area contributed by atoms with Crippen LogP contribution in [0.3, 0.4) is 0 Å². The number of ketones is 1. The maximum atomic E-state index is 11.7. The van der Waals surface area contributed by atoms with E-state index in [9.17, 15) is 19.7 Å². The van der Waals surface area contributed by atoms with Gasteiger partial charge in [0.05, 0.1) is 11.5 Å². The Hall–Kier alpha value is -1.50. The fourth-order valence-corrected chi connectivity index (χ4v) is 1.65. The van der Waals surface area contributed by atoms with E-state index in [2.05, 4.69) is 15.9 Å². The van der Waals surface area contributed by atoms with Crippen LogP contribution in [0.1, 0.15) is 13.8 Å². The molecule has 6 nitrogen and oxygen atoms in total. The Morgan fingerprint density at radius 1 is 1.59 bits per heavy atom. The third kappa shape index (κ3) is 3.23. The van der Waals surface area contributed by atoms with E-state index in [0.717, 1.165) is 10.6 Å². The minimum Gasteiger partial charge on any atom is -0.301 e. The van der Waals surface area contributed by atoms with E-state index in [1.54, 1.807) is 13.8 Å². The zero-order chi connectivity index (χ0) is 13.2. The minimum absolute atomic E-state index is 0.153. The summed E-state index contributed by atoms with van der Waals surface area (Å²) >= 11 is 3.07. The van der Waals surface area contributed by atoms with Gasteiger partial charge in [-0.1, -0.05) is 13.8 Å². The molecule has 0 N–H and O–H groups in total. The van der Waals surface area contributed by atoms with E-state index in [1.165, 1.54) is 6.20 Å². The van der Waals surface area contributed by atoms with Crippen molar-refractivity contribution < 1.29 is 9.72 Å². The van der Waals surface area contributed by atoms with Gasteiger partial charge in [0.15, 0.2) is 5.78 Å². The molecule has 0 aliphatic carbocycles. The van der Waals surface area contributed by atoms with Gasteiger partial charge in [0.1, 0.15) is 0 Å². The second-order valence-electron chi connectivity index (χ2n) is 3.85. The van der Waals surface area contributed by atoms with Gasteiger partial charge in [-0.05, 0) is 15.9 Å². The molecule has 0 fully saturated rings. The average Bonchev–Trinajstić information content (AvgIpc) is 2.22. The van der Waals surface area contributed by atoms with Gasteiger partial charge >= 0.3 is 11.2 Å². The first kappa shape index (κ1) is 13.6. The summed E-state index contributed by atoms with van der Waals surface area (Å²) in [5.74, 6) is -0.376. The van der Waals surface area contributed by atoms with E-state index in [0.29, 0.717) is 4.47 Å². The SMILES string of the molecule is CC(C)C(=O)Cn1cc(Br)cc([N+](=O)[O-])c1=O. The van der Waals surface area contributed by atoms with E-state index in [-0.39, 0.29) is 18.2 Å². The van der Waals surface area contributed by atoms with E-state index in [1.807, 2.05) is 0 Å². The molecule has 1 aromatic rings. The average molecular weight is 303 g/mol. The van der Waals surface area contributed by atoms with Crippen molar-refractivity contribution in [3.8, 4) is 0 Å². The highest BCUT2D eigenvalue weighted by atomic mass is 79.9. The zero-order valence-electron chi connectivity index (χ0n) is 9.34. The summed E-state index contributed by atoms with van der Waals surface area (Å²) in [6.45, 7) is 3.26. The molecule has 0 aliphatic heterocycles. The zero-order valence-corrected chi connectivity index (χ0v) is 10.9. The molecule has 0 spiro atoms. The molecule has 0 unspecified atom stereocenters. The van der Waals surface area contributed by atoms with Crippen LogP contribution in [0, 0.1) is 16.0 Å². The number of nitro groups is 1. The summed E-state index contributed by atoms with van der Waals surface area (Å²) in [5.41, 5.74) is -1.32. The van der Waals surface area contributed by atoms with Gasteiger partial charge in [-0.15, -0.1) is 0 Å². The fraction of sp³-hybridized carbons (Fsp3) is 0.400. The number of rotatable bonds is 4. The normalized spacial score (nSPS) is 10.6. The lowest BCUT2D eigenvalue weighted by Gasteiger charge is -2.07. The molecule has 17 heavy (non-hydrogen) atoms. The van der Waals surface area contributed by atoms with Crippen LogP contribution < -0.4 is 5.56 Å². The third-order valence-corrected chi connectivity index (χ3v) is 2.63. The molecule has 0 bridgehead atoms. The van der Waals surface area contributed by atoms with Crippen LogP contribution in [0.4, 0.5) is 5.69 Å². The van der Waals surface area contributed by atoms with Crippen molar-refractivity contribution in [2.75, 3.05) is 0 Å². The maximum absolute atomic E-state index is 11.7. The van der Waals surface area contributed by atoms with Gasteiger partial charge in [-0.3, -0.25) is 19.7 Å². The molecule has 1 rings (SSSR count). The predicted octanol–water partition coefficient (Wildman–Crippen LogP) is 1.74. The van der Waals surface area contributed by atoms with Crippen molar-refractivity contribution in [3.63, 3.8) is 0 Å². The standard InChI is InChI=1S/C10H11BrN2O4/c1-6(2)9(14)5-12-4-7(11)3-8(10(12)15)13(16)17/h3-4,6H,5H2,1-2H3. The predicted molar refractivity (Wildman–Crippen MR) is 64.9 cm³/mol. The van der Waals surface area contributed by atoms with Gasteiger partial charge in [0.25, 0.3) is 0 Å². The van der Waals surface area contributed by atoms with Crippen LogP contribution in [-0.4, -0.2) is 15.3 Å². The highest BCUT2D eigenvalue weighted by molar-refractivity contribution is 9.10. The second kappa shape index (κ2) is 5.22. The molecule has 0 radical (unpaired) electrons. The summed E-state index contributed by atoms with van der Waals surface area (Å²) in [5, 5.41) is 10.6. The Balaban J connectivity index is 3.21. The van der Waals surface area contributed by atoms with Gasteiger partial charge in [0.2, 0.25) is 0 Å². The van der Waals surface area contributed by atoms with Crippen LogP contribution in [0.5, 0.6) is 0 Å². The van der Waals surface area contributed by atoms with E-state index in [4.69, 9.17) is 0 Å². The van der Waals surface area contributed by atoms with Crippen molar-refractivity contribution in [2.45, 2.75) is 20.4 Å². The summed E-state index contributed by atoms with van der Waals surface area (Å²) in [6.07, 6.45) is 1.37. The van der Waals surface area contributed by atoms with Gasteiger partial charge in [-0.2, -0.15) is 0 Å². The van der Waals surface area contributed by atoms with E-state index < -0.39 is 16.2 Å². The monoisotopic (exact) mass is 302 g/mol. The summed E-state index contributed by atoms with van der Waals surface area (Å²) in [7, 11) is 0. The molecule has 0 aliphatic rings. The first-order valence-corrected chi connectivity index (χ1v) is 5.69. The molecule has 0 saturated carbocycles.